The van der Waals surface area contributed by atoms with E-state index in [0.29, 0.717) is 23.9 Å². The first-order valence-corrected chi connectivity index (χ1v) is 11.5. The lowest BCUT2D eigenvalue weighted by molar-refractivity contribution is -0.138. The number of piperidine rings is 2. The van der Waals surface area contributed by atoms with Crippen LogP contribution in [0.25, 0.3) is 0 Å². The third-order valence-electron chi connectivity index (χ3n) is 5.72. The van der Waals surface area contributed by atoms with Crippen molar-refractivity contribution >= 4 is 15.9 Å². The summed E-state index contributed by atoms with van der Waals surface area (Å²) in [6.07, 6.45) is 3.56. The monoisotopic (exact) mass is 393 g/mol. The molecule has 2 aliphatic rings. The first kappa shape index (κ1) is 20.3. The fourth-order valence-corrected chi connectivity index (χ4v) is 5.61. The number of sulfonamides is 1. The molecule has 0 spiro atoms. The summed E-state index contributed by atoms with van der Waals surface area (Å²) in [5, 5.41) is 3.39. The van der Waals surface area contributed by atoms with Crippen LogP contribution in [0.4, 0.5) is 0 Å². The number of nitrogens with one attached hydrogen (secondary N) is 1. The molecule has 2 saturated heterocycles. The fourth-order valence-electron chi connectivity index (χ4n) is 4.07. The molecule has 0 saturated carbocycles. The van der Waals surface area contributed by atoms with Crippen molar-refractivity contribution < 1.29 is 13.2 Å². The molecule has 150 valence electrons. The van der Waals surface area contributed by atoms with Crippen molar-refractivity contribution in [2.45, 2.75) is 37.5 Å². The summed E-state index contributed by atoms with van der Waals surface area (Å²) >= 11 is 0. The van der Waals surface area contributed by atoms with Crippen molar-refractivity contribution in [2.24, 2.45) is 11.8 Å². The van der Waals surface area contributed by atoms with E-state index >= 15 is 0 Å². The van der Waals surface area contributed by atoms with Crippen molar-refractivity contribution in [2.75, 3.05) is 39.3 Å². The van der Waals surface area contributed by atoms with Gasteiger partial charge in [0.1, 0.15) is 0 Å². The zero-order chi connectivity index (χ0) is 19.3. The van der Waals surface area contributed by atoms with Crippen LogP contribution in [0.3, 0.4) is 0 Å². The van der Waals surface area contributed by atoms with E-state index in [0.717, 1.165) is 51.9 Å². The number of benzene rings is 1. The normalized spacial score (nSPS) is 22.7. The molecule has 0 bridgehead atoms. The average Bonchev–Trinajstić information content (AvgIpc) is 2.73. The maximum absolute atomic E-state index is 13.0. The van der Waals surface area contributed by atoms with Gasteiger partial charge in [0.05, 0.1) is 10.8 Å². The van der Waals surface area contributed by atoms with Crippen LogP contribution in [0, 0.1) is 11.8 Å². The van der Waals surface area contributed by atoms with E-state index in [4.69, 9.17) is 0 Å². The Kier molecular flexibility index (Phi) is 6.89. The Morgan fingerprint density at radius 1 is 1.11 bits per heavy atom. The number of rotatable bonds is 6. The van der Waals surface area contributed by atoms with Gasteiger partial charge in [0.25, 0.3) is 0 Å². The van der Waals surface area contributed by atoms with Crippen molar-refractivity contribution in [3.8, 4) is 0 Å². The SMILES string of the molecule is CCNCC1CCN(C(=O)C2CCCN(S(=O)(=O)c3ccccc3)C2)CC1. The molecule has 1 atom stereocenters. The van der Waals surface area contributed by atoms with Crippen LogP contribution < -0.4 is 5.32 Å². The molecule has 2 heterocycles. The van der Waals surface area contributed by atoms with Gasteiger partial charge in [0.15, 0.2) is 0 Å². The topological polar surface area (TPSA) is 69.7 Å². The second-order valence-corrected chi connectivity index (χ2v) is 9.53. The zero-order valence-corrected chi connectivity index (χ0v) is 17.0. The number of carbonyl (C=O) groups is 1. The second kappa shape index (κ2) is 9.17. The van der Waals surface area contributed by atoms with Crippen molar-refractivity contribution in [1.29, 1.82) is 0 Å². The number of nitrogens with zero attached hydrogens (tertiary/aromatic N) is 2. The highest BCUT2D eigenvalue weighted by atomic mass is 32.2. The smallest absolute Gasteiger partial charge is 0.243 e. The number of hydrogen-bond acceptors (Lipinski definition) is 4. The van der Waals surface area contributed by atoms with Crippen molar-refractivity contribution in [3.05, 3.63) is 30.3 Å². The maximum atomic E-state index is 13.0. The van der Waals surface area contributed by atoms with Crippen LogP contribution in [0.5, 0.6) is 0 Å². The Balaban J connectivity index is 1.59. The molecule has 6 nitrogen and oxygen atoms in total. The lowest BCUT2D eigenvalue weighted by Gasteiger charge is -2.37. The minimum absolute atomic E-state index is 0.130. The third kappa shape index (κ3) is 4.89. The summed E-state index contributed by atoms with van der Waals surface area (Å²) in [5.74, 6) is 0.544. The van der Waals surface area contributed by atoms with Gasteiger partial charge in [-0.25, -0.2) is 8.42 Å². The fraction of sp³-hybridized carbons (Fsp3) is 0.650. The summed E-state index contributed by atoms with van der Waals surface area (Å²) in [4.78, 5) is 15.2. The molecule has 0 aliphatic carbocycles. The molecule has 1 aromatic carbocycles. The first-order chi connectivity index (χ1) is 13.0. The predicted octanol–water partition coefficient (Wildman–Crippen LogP) is 1.94. The van der Waals surface area contributed by atoms with Crippen LogP contribution in [0.2, 0.25) is 0 Å². The van der Waals surface area contributed by atoms with Gasteiger partial charge in [-0.05, 0) is 56.8 Å². The number of carbonyl (C=O) groups excluding carboxylic acids is 1. The quantitative estimate of drug-likeness (QED) is 0.802. The Bertz CT molecular complexity index is 715. The van der Waals surface area contributed by atoms with Gasteiger partial charge < -0.3 is 10.2 Å². The molecule has 1 unspecified atom stereocenters. The van der Waals surface area contributed by atoms with Crippen molar-refractivity contribution in [1.82, 2.24) is 14.5 Å². The molecule has 27 heavy (non-hydrogen) atoms. The van der Waals surface area contributed by atoms with Gasteiger partial charge >= 0.3 is 0 Å². The summed E-state index contributed by atoms with van der Waals surface area (Å²) in [7, 11) is -3.52. The second-order valence-electron chi connectivity index (χ2n) is 7.59. The number of likely N-dealkylation sites (tertiary alicyclic amines) is 1. The molecule has 1 N–H and O–H groups in total. The molecule has 0 aromatic heterocycles. The lowest BCUT2D eigenvalue weighted by Crippen LogP contribution is -2.49. The van der Waals surface area contributed by atoms with Crippen LogP contribution in [-0.2, 0) is 14.8 Å². The largest absolute Gasteiger partial charge is 0.342 e. The standard InChI is InChI=1S/C20H31N3O3S/c1-2-21-15-17-10-13-22(14-11-17)20(24)18-7-6-12-23(16-18)27(25,26)19-8-4-3-5-9-19/h3-5,8-9,17-18,21H,2,6-7,10-16H2,1H3. The first-order valence-electron chi connectivity index (χ1n) is 10.1. The molecular weight excluding hydrogens is 362 g/mol. The Hall–Kier alpha value is -1.44. The van der Waals surface area contributed by atoms with E-state index < -0.39 is 10.0 Å². The van der Waals surface area contributed by atoms with Crippen LogP contribution in [-0.4, -0.2) is 62.8 Å². The van der Waals surface area contributed by atoms with Gasteiger partial charge in [-0.1, -0.05) is 25.1 Å². The predicted molar refractivity (Wildman–Crippen MR) is 106 cm³/mol. The molecule has 1 aromatic rings. The molecule has 7 heteroatoms. The van der Waals surface area contributed by atoms with Crippen LogP contribution in [0.15, 0.2) is 35.2 Å². The lowest BCUT2D eigenvalue weighted by atomic mass is 9.93. The molecule has 2 aliphatic heterocycles. The van der Waals surface area contributed by atoms with E-state index in [-0.39, 0.29) is 11.8 Å². The van der Waals surface area contributed by atoms with Crippen LogP contribution in [0.1, 0.15) is 32.6 Å². The number of amides is 1. The van der Waals surface area contributed by atoms with Gasteiger partial charge in [0.2, 0.25) is 15.9 Å². The maximum Gasteiger partial charge on any atom is 0.243 e. The van der Waals surface area contributed by atoms with Gasteiger partial charge in [-0.3, -0.25) is 4.79 Å². The molecular formula is C20H31N3O3S. The Morgan fingerprint density at radius 3 is 2.48 bits per heavy atom. The highest BCUT2D eigenvalue weighted by Crippen LogP contribution is 2.26. The highest BCUT2D eigenvalue weighted by Gasteiger charge is 2.35. The van der Waals surface area contributed by atoms with Gasteiger partial charge in [0, 0.05) is 26.2 Å². The zero-order valence-electron chi connectivity index (χ0n) is 16.1. The van der Waals surface area contributed by atoms with Gasteiger partial charge in [-0.2, -0.15) is 4.31 Å². The highest BCUT2D eigenvalue weighted by molar-refractivity contribution is 7.89. The van der Waals surface area contributed by atoms with Crippen LogP contribution >= 0.6 is 0 Å². The number of hydrogen-bond donors (Lipinski definition) is 1. The third-order valence-corrected chi connectivity index (χ3v) is 7.60. The minimum Gasteiger partial charge on any atom is -0.342 e. The molecule has 2 fully saturated rings. The minimum atomic E-state index is -3.52. The Labute approximate surface area is 163 Å². The van der Waals surface area contributed by atoms with E-state index in [1.54, 1.807) is 30.3 Å². The molecule has 1 amide bonds. The summed E-state index contributed by atoms with van der Waals surface area (Å²) in [6.45, 7) is 6.47. The summed E-state index contributed by atoms with van der Waals surface area (Å²) in [6, 6.07) is 8.51. The Morgan fingerprint density at radius 2 is 1.81 bits per heavy atom. The van der Waals surface area contributed by atoms with E-state index in [1.165, 1.54) is 4.31 Å². The summed E-state index contributed by atoms with van der Waals surface area (Å²) < 4.78 is 27.2. The molecule has 0 radical (unpaired) electrons. The van der Waals surface area contributed by atoms with E-state index in [9.17, 15) is 13.2 Å². The van der Waals surface area contributed by atoms with Crippen molar-refractivity contribution in [3.63, 3.8) is 0 Å². The van der Waals surface area contributed by atoms with Gasteiger partial charge in [-0.15, -0.1) is 0 Å². The van der Waals surface area contributed by atoms with E-state index in [2.05, 4.69) is 12.2 Å². The van der Waals surface area contributed by atoms with E-state index in [1.807, 2.05) is 4.90 Å². The summed E-state index contributed by atoms with van der Waals surface area (Å²) in [5.41, 5.74) is 0. The average molecular weight is 394 g/mol. The molecule has 3 rings (SSSR count).